The summed E-state index contributed by atoms with van der Waals surface area (Å²) in [6.45, 7) is 1.42. The average Bonchev–Trinajstić information content (AvgIpc) is 2.31. The summed E-state index contributed by atoms with van der Waals surface area (Å²) >= 11 is 0. The lowest BCUT2D eigenvalue weighted by atomic mass is 10.2. The van der Waals surface area contributed by atoms with Crippen LogP contribution in [0.3, 0.4) is 0 Å². The van der Waals surface area contributed by atoms with Crippen LogP contribution in [-0.2, 0) is 0 Å². The molecule has 0 unspecified atom stereocenters. The van der Waals surface area contributed by atoms with E-state index in [9.17, 15) is 4.79 Å². The van der Waals surface area contributed by atoms with Gasteiger partial charge in [0.2, 0.25) is 0 Å². The Hall–Kier alpha value is -1.63. The summed E-state index contributed by atoms with van der Waals surface area (Å²) in [5, 5.41) is 36.4. The first kappa shape index (κ1) is 15.4. The molecule has 96 valence electrons. The molecule has 0 aliphatic carbocycles. The van der Waals surface area contributed by atoms with Crippen LogP contribution in [0.25, 0.3) is 0 Å². The van der Waals surface area contributed by atoms with Gasteiger partial charge in [-0.05, 0) is 12.1 Å². The van der Waals surface area contributed by atoms with Crippen LogP contribution in [-0.4, -0.2) is 52.7 Å². The molecule has 0 saturated heterocycles. The highest BCUT2D eigenvalue weighted by atomic mass is 16.4. The molecule has 5 N–H and O–H groups in total. The van der Waals surface area contributed by atoms with Crippen LogP contribution in [0.15, 0.2) is 24.3 Å². The van der Waals surface area contributed by atoms with Gasteiger partial charge in [0.1, 0.15) is 11.3 Å². The van der Waals surface area contributed by atoms with Gasteiger partial charge in [-0.3, -0.25) is 0 Å². The summed E-state index contributed by atoms with van der Waals surface area (Å²) in [5.41, 5.74) is -0.0671. The average molecular weight is 243 g/mol. The third-order valence-electron chi connectivity index (χ3n) is 1.71. The molecule has 0 fully saturated rings. The van der Waals surface area contributed by atoms with Crippen molar-refractivity contribution in [2.75, 3.05) is 26.3 Å². The number of aromatic hydroxyl groups is 1. The lowest BCUT2D eigenvalue weighted by molar-refractivity contribution is 0.0693. The summed E-state index contributed by atoms with van der Waals surface area (Å²) < 4.78 is 0. The summed E-state index contributed by atoms with van der Waals surface area (Å²) in [4.78, 5) is 10.3. The van der Waals surface area contributed by atoms with E-state index in [0.717, 1.165) is 0 Å². The number of carboxylic acid groups (broad SMARTS) is 1. The number of aromatic carboxylic acids is 1. The molecule has 0 aromatic heterocycles. The van der Waals surface area contributed by atoms with E-state index >= 15 is 0 Å². The van der Waals surface area contributed by atoms with E-state index in [1.807, 2.05) is 0 Å². The number of carboxylic acids is 1. The summed E-state index contributed by atoms with van der Waals surface area (Å²) in [7, 11) is 0. The number of rotatable bonds is 5. The third kappa shape index (κ3) is 7.29. The van der Waals surface area contributed by atoms with Crippen LogP contribution >= 0.6 is 0 Å². The summed E-state index contributed by atoms with van der Waals surface area (Å²) in [6, 6.07) is 5.81. The molecule has 0 radical (unpaired) electrons. The number of aliphatic hydroxyl groups is 2. The highest BCUT2D eigenvalue weighted by Gasteiger charge is 2.05. The molecule has 6 nitrogen and oxygen atoms in total. The normalized spacial score (nSPS) is 9.29. The van der Waals surface area contributed by atoms with Crippen molar-refractivity contribution in [1.29, 1.82) is 0 Å². The SMILES string of the molecule is O=C(O)c1ccccc1O.OCCNCCO. The van der Waals surface area contributed by atoms with Gasteiger partial charge in [0, 0.05) is 13.1 Å². The van der Waals surface area contributed by atoms with E-state index in [-0.39, 0.29) is 24.5 Å². The number of hydrogen-bond acceptors (Lipinski definition) is 5. The minimum atomic E-state index is -1.11. The molecule has 0 heterocycles. The predicted octanol–water partition coefficient (Wildman–Crippen LogP) is -0.349. The number of carbonyl (C=O) groups is 1. The first-order chi connectivity index (χ1) is 8.13. The van der Waals surface area contributed by atoms with Gasteiger partial charge in [0.15, 0.2) is 0 Å². The summed E-state index contributed by atoms with van der Waals surface area (Å²) in [6.07, 6.45) is 0. The van der Waals surface area contributed by atoms with Gasteiger partial charge in [0.25, 0.3) is 0 Å². The highest BCUT2D eigenvalue weighted by Crippen LogP contribution is 2.14. The molecule has 6 heteroatoms. The van der Waals surface area contributed by atoms with Gasteiger partial charge in [-0.25, -0.2) is 4.79 Å². The zero-order valence-corrected chi connectivity index (χ0v) is 9.33. The lowest BCUT2D eigenvalue weighted by Crippen LogP contribution is -2.21. The molecule has 0 aliphatic heterocycles. The Balaban J connectivity index is 0.000000325. The third-order valence-corrected chi connectivity index (χ3v) is 1.71. The molecule has 17 heavy (non-hydrogen) atoms. The Bertz CT molecular complexity index is 325. The maximum atomic E-state index is 10.3. The topological polar surface area (TPSA) is 110 Å². The van der Waals surface area contributed by atoms with Crippen molar-refractivity contribution < 1.29 is 25.2 Å². The second kappa shape index (κ2) is 9.59. The van der Waals surface area contributed by atoms with Crippen molar-refractivity contribution in [3.05, 3.63) is 29.8 Å². The Morgan fingerprint density at radius 3 is 2.00 bits per heavy atom. The second-order valence-corrected chi connectivity index (χ2v) is 3.02. The van der Waals surface area contributed by atoms with Crippen molar-refractivity contribution >= 4 is 5.97 Å². The van der Waals surface area contributed by atoms with E-state index in [1.54, 1.807) is 12.1 Å². The minimum Gasteiger partial charge on any atom is -0.507 e. The Morgan fingerprint density at radius 2 is 1.65 bits per heavy atom. The Morgan fingerprint density at radius 1 is 1.12 bits per heavy atom. The number of hydrogen-bond donors (Lipinski definition) is 5. The van der Waals surface area contributed by atoms with Crippen molar-refractivity contribution in [1.82, 2.24) is 5.32 Å². The zero-order valence-electron chi connectivity index (χ0n) is 9.33. The molecule has 0 amide bonds. The smallest absolute Gasteiger partial charge is 0.339 e. The predicted molar refractivity (Wildman–Crippen MR) is 62.1 cm³/mol. The number of nitrogens with one attached hydrogen (secondary N) is 1. The fraction of sp³-hybridized carbons (Fsp3) is 0.364. The fourth-order valence-corrected chi connectivity index (χ4v) is 0.938. The molecule has 1 aromatic carbocycles. The Kier molecular flexibility index (Phi) is 8.67. The van der Waals surface area contributed by atoms with E-state index in [0.29, 0.717) is 13.1 Å². The molecule has 0 saturated carbocycles. The molecular formula is C11H17NO5. The van der Waals surface area contributed by atoms with Crippen molar-refractivity contribution in [2.24, 2.45) is 0 Å². The van der Waals surface area contributed by atoms with Crippen LogP contribution < -0.4 is 5.32 Å². The maximum Gasteiger partial charge on any atom is 0.339 e. The molecular weight excluding hydrogens is 226 g/mol. The number of benzene rings is 1. The van der Waals surface area contributed by atoms with E-state index in [4.69, 9.17) is 20.4 Å². The van der Waals surface area contributed by atoms with Crippen molar-refractivity contribution in [2.45, 2.75) is 0 Å². The first-order valence-electron chi connectivity index (χ1n) is 5.07. The first-order valence-corrected chi connectivity index (χ1v) is 5.07. The molecule has 0 aliphatic rings. The van der Waals surface area contributed by atoms with Crippen LogP contribution in [0.4, 0.5) is 0 Å². The van der Waals surface area contributed by atoms with Crippen LogP contribution in [0.1, 0.15) is 10.4 Å². The van der Waals surface area contributed by atoms with Gasteiger partial charge < -0.3 is 25.7 Å². The van der Waals surface area contributed by atoms with Crippen molar-refractivity contribution in [3.8, 4) is 5.75 Å². The van der Waals surface area contributed by atoms with Gasteiger partial charge in [-0.2, -0.15) is 0 Å². The second-order valence-electron chi connectivity index (χ2n) is 3.02. The Labute approximate surface area is 99.2 Å². The maximum absolute atomic E-state index is 10.3. The van der Waals surface area contributed by atoms with Gasteiger partial charge in [-0.15, -0.1) is 0 Å². The van der Waals surface area contributed by atoms with E-state index < -0.39 is 5.97 Å². The van der Waals surface area contributed by atoms with Crippen LogP contribution in [0, 0.1) is 0 Å². The zero-order chi connectivity index (χ0) is 13.1. The molecule has 0 spiro atoms. The summed E-state index contributed by atoms with van der Waals surface area (Å²) in [5.74, 6) is -1.31. The van der Waals surface area contributed by atoms with E-state index in [2.05, 4.69) is 5.32 Å². The van der Waals surface area contributed by atoms with Gasteiger partial charge in [-0.1, -0.05) is 12.1 Å². The fourth-order valence-electron chi connectivity index (χ4n) is 0.938. The van der Waals surface area contributed by atoms with Crippen LogP contribution in [0.2, 0.25) is 0 Å². The number of phenols is 1. The van der Waals surface area contributed by atoms with E-state index in [1.165, 1.54) is 12.1 Å². The molecule has 0 atom stereocenters. The quantitative estimate of drug-likeness (QED) is 0.452. The van der Waals surface area contributed by atoms with Gasteiger partial charge in [0.05, 0.1) is 13.2 Å². The molecule has 1 aromatic rings. The molecule has 1 rings (SSSR count). The van der Waals surface area contributed by atoms with Gasteiger partial charge >= 0.3 is 5.97 Å². The standard InChI is InChI=1S/C7H6O3.C4H11NO2/c8-6-4-2-1-3-5(6)7(9)10;6-3-1-5-2-4-7/h1-4,8H,(H,9,10);5-7H,1-4H2. The lowest BCUT2D eigenvalue weighted by Gasteiger charge is -1.95. The number of para-hydroxylation sites is 1. The number of aliphatic hydroxyl groups excluding tert-OH is 2. The highest BCUT2D eigenvalue weighted by molar-refractivity contribution is 5.90. The van der Waals surface area contributed by atoms with Crippen molar-refractivity contribution in [3.63, 3.8) is 0 Å². The largest absolute Gasteiger partial charge is 0.507 e. The van der Waals surface area contributed by atoms with Crippen LogP contribution in [0.5, 0.6) is 5.75 Å². The monoisotopic (exact) mass is 243 g/mol. The molecule has 0 bridgehead atoms. The minimum absolute atomic E-state index is 0.0671.